The molecule has 4 aromatic rings. The lowest BCUT2D eigenvalue weighted by Gasteiger charge is -2.07. The second-order valence-electron chi connectivity index (χ2n) is 6.43. The van der Waals surface area contributed by atoms with E-state index in [-0.39, 0.29) is 5.91 Å². The Hall–Kier alpha value is -2.82. The van der Waals surface area contributed by atoms with Gasteiger partial charge in [-0.1, -0.05) is 53.5 Å². The van der Waals surface area contributed by atoms with Gasteiger partial charge in [0, 0.05) is 44.8 Å². The van der Waals surface area contributed by atoms with Gasteiger partial charge >= 0.3 is 0 Å². The first-order chi connectivity index (χ1) is 13.6. The van der Waals surface area contributed by atoms with Crippen molar-refractivity contribution in [3.8, 4) is 0 Å². The van der Waals surface area contributed by atoms with E-state index in [0.717, 1.165) is 27.4 Å². The van der Waals surface area contributed by atoms with Crippen LogP contribution in [0.4, 0.5) is 0 Å². The first-order valence-corrected chi connectivity index (χ1v) is 9.61. The molecule has 1 N–H and O–H groups in total. The highest BCUT2D eigenvalue weighted by Crippen LogP contribution is 2.32. The predicted molar refractivity (Wildman–Crippen MR) is 116 cm³/mol. The van der Waals surface area contributed by atoms with E-state index < -0.39 is 0 Å². The number of nitrogens with one attached hydrogen (secondary N) is 1. The highest BCUT2D eigenvalue weighted by Gasteiger charge is 2.12. The van der Waals surface area contributed by atoms with Crippen LogP contribution < -0.4 is 5.43 Å². The number of carbonyl (C=O) groups excluding carboxylic acids is 1. The number of rotatable bonds is 5. The highest BCUT2D eigenvalue weighted by atomic mass is 35.5. The van der Waals surface area contributed by atoms with Gasteiger partial charge in [0.05, 0.1) is 6.21 Å². The summed E-state index contributed by atoms with van der Waals surface area (Å²) in [5.41, 5.74) is 5.54. The molecule has 1 heterocycles. The molecule has 0 aliphatic carbocycles. The maximum Gasteiger partial charge on any atom is 0.241 e. The lowest BCUT2D eigenvalue weighted by atomic mass is 10.1. The zero-order chi connectivity index (χ0) is 19.5. The monoisotopic (exact) mass is 409 g/mol. The van der Waals surface area contributed by atoms with Gasteiger partial charge in [0.1, 0.15) is 0 Å². The molecule has 140 valence electrons. The zero-order valence-corrected chi connectivity index (χ0v) is 16.4. The van der Waals surface area contributed by atoms with Gasteiger partial charge in [0.15, 0.2) is 0 Å². The maximum absolute atomic E-state index is 12.2. The minimum absolute atomic E-state index is 0.148. The fourth-order valence-electron chi connectivity index (χ4n) is 3.28. The molecule has 0 aliphatic rings. The van der Waals surface area contributed by atoms with Crippen molar-refractivity contribution in [1.82, 2.24) is 9.99 Å². The van der Waals surface area contributed by atoms with Gasteiger partial charge in [-0.05, 0) is 42.0 Å². The predicted octanol–water partition coefficient (Wildman–Crippen LogP) is 5.64. The number of halogens is 2. The Morgan fingerprint density at radius 1 is 0.929 bits per heavy atom. The SMILES string of the molecule is O=C(CCn1c2ccc(Cl)cc2c2cc(Cl)ccc21)N/N=C\c1ccccc1. The van der Waals surface area contributed by atoms with Crippen molar-refractivity contribution in [2.75, 3.05) is 0 Å². The van der Waals surface area contributed by atoms with Crippen molar-refractivity contribution in [1.29, 1.82) is 0 Å². The zero-order valence-electron chi connectivity index (χ0n) is 14.9. The van der Waals surface area contributed by atoms with E-state index >= 15 is 0 Å². The van der Waals surface area contributed by atoms with Crippen LogP contribution in [0.3, 0.4) is 0 Å². The summed E-state index contributed by atoms with van der Waals surface area (Å²) >= 11 is 12.4. The third kappa shape index (κ3) is 3.88. The second-order valence-corrected chi connectivity index (χ2v) is 7.30. The van der Waals surface area contributed by atoms with Crippen LogP contribution in [0.5, 0.6) is 0 Å². The molecule has 0 unspecified atom stereocenters. The molecule has 28 heavy (non-hydrogen) atoms. The Morgan fingerprint density at radius 2 is 1.54 bits per heavy atom. The van der Waals surface area contributed by atoms with Crippen molar-refractivity contribution in [3.05, 3.63) is 82.3 Å². The van der Waals surface area contributed by atoms with Crippen LogP contribution in [-0.4, -0.2) is 16.7 Å². The molecule has 0 saturated carbocycles. The number of benzene rings is 3. The summed E-state index contributed by atoms with van der Waals surface area (Å²) in [6.07, 6.45) is 1.93. The first-order valence-electron chi connectivity index (χ1n) is 8.86. The molecule has 0 atom stereocenters. The topological polar surface area (TPSA) is 46.4 Å². The highest BCUT2D eigenvalue weighted by molar-refractivity contribution is 6.33. The summed E-state index contributed by atoms with van der Waals surface area (Å²) in [4.78, 5) is 12.2. The van der Waals surface area contributed by atoms with Crippen LogP contribution in [0, 0.1) is 0 Å². The molecule has 4 nitrogen and oxygen atoms in total. The fourth-order valence-corrected chi connectivity index (χ4v) is 3.62. The molecule has 1 amide bonds. The molecule has 6 heteroatoms. The van der Waals surface area contributed by atoms with Crippen LogP contribution in [0.15, 0.2) is 71.8 Å². The Bertz CT molecular complexity index is 1120. The van der Waals surface area contributed by atoms with Crippen LogP contribution in [0.25, 0.3) is 21.8 Å². The Kier molecular flexibility index (Phi) is 5.33. The number of aryl methyl sites for hydroxylation is 1. The van der Waals surface area contributed by atoms with E-state index in [1.54, 1.807) is 6.21 Å². The lowest BCUT2D eigenvalue weighted by Crippen LogP contribution is -2.19. The number of hydrogen-bond donors (Lipinski definition) is 1. The van der Waals surface area contributed by atoms with E-state index in [9.17, 15) is 4.79 Å². The largest absolute Gasteiger partial charge is 0.340 e. The van der Waals surface area contributed by atoms with Gasteiger partial charge in [-0.15, -0.1) is 0 Å². The molecule has 0 radical (unpaired) electrons. The molecule has 0 fully saturated rings. The Morgan fingerprint density at radius 3 is 2.14 bits per heavy atom. The maximum atomic E-state index is 12.2. The summed E-state index contributed by atoms with van der Waals surface area (Å²) in [6.45, 7) is 0.524. The first kappa shape index (κ1) is 18.5. The number of amides is 1. The second kappa shape index (κ2) is 8.05. The molecule has 0 aliphatic heterocycles. The Labute approximate surface area is 172 Å². The average Bonchev–Trinajstić information content (AvgIpc) is 2.99. The van der Waals surface area contributed by atoms with E-state index in [0.29, 0.717) is 23.0 Å². The molecule has 0 spiro atoms. The molecule has 3 aromatic carbocycles. The van der Waals surface area contributed by atoms with Gasteiger partial charge in [-0.3, -0.25) is 4.79 Å². The fraction of sp³-hybridized carbons (Fsp3) is 0.0909. The third-order valence-electron chi connectivity index (χ3n) is 4.55. The van der Waals surface area contributed by atoms with E-state index in [1.165, 1.54) is 0 Å². The van der Waals surface area contributed by atoms with Crippen molar-refractivity contribution in [2.45, 2.75) is 13.0 Å². The number of nitrogens with zero attached hydrogens (tertiary/aromatic N) is 2. The normalized spacial score (nSPS) is 11.5. The van der Waals surface area contributed by atoms with Crippen molar-refractivity contribution >= 4 is 57.1 Å². The van der Waals surface area contributed by atoms with Gasteiger partial charge in [-0.2, -0.15) is 5.10 Å². The smallest absolute Gasteiger partial charge is 0.241 e. The number of fused-ring (bicyclic) bond motifs is 3. The van der Waals surface area contributed by atoms with E-state index in [4.69, 9.17) is 23.2 Å². The molecule has 0 saturated heterocycles. The van der Waals surface area contributed by atoms with Gasteiger partial charge < -0.3 is 4.57 Å². The number of hydrogen-bond acceptors (Lipinski definition) is 2. The van der Waals surface area contributed by atoms with Gasteiger partial charge in [0.2, 0.25) is 5.91 Å². The van der Waals surface area contributed by atoms with E-state index in [1.807, 2.05) is 66.7 Å². The number of aromatic nitrogens is 1. The van der Waals surface area contributed by atoms with Crippen LogP contribution in [0.2, 0.25) is 10.0 Å². The van der Waals surface area contributed by atoms with E-state index in [2.05, 4.69) is 15.1 Å². The summed E-state index contributed by atoms with van der Waals surface area (Å²) < 4.78 is 2.11. The van der Waals surface area contributed by atoms with Crippen LogP contribution in [0.1, 0.15) is 12.0 Å². The quantitative estimate of drug-likeness (QED) is 0.336. The standard InChI is InChI=1S/C22H17Cl2N3O/c23-16-6-8-20-18(12-16)19-13-17(24)7-9-21(19)27(20)11-10-22(28)26-25-14-15-4-2-1-3-5-15/h1-9,12-14H,10-11H2,(H,26,28)/b25-14-. The summed E-state index contributed by atoms with van der Waals surface area (Å²) in [5.74, 6) is -0.148. The average molecular weight is 410 g/mol. The van der Waals surface area contributed by atoms with Crippen molar-refractivity contribution in [3.63, 3.8) is 0 Å². The molecular formula is C22H17Cl2N3O. The van der Waals surface area contributed by atoms with Gasteiger partial charge in [0.25, 0.3) is 0 Å². The molecular weight excluding hydrogens is 393 g/mol. The third-order valence-corrected chi connectivity index (χ3v) is 5.02. The number of hydrazone groups is 1. The molecule has 0 bridgehead atoms. The van der Waals surface area contributed by atoms with Crippen molar-refractivity contribution < 1.29 is 4.79 Å². The molecule has 1 aromatic heterocycles. The summed E-state index contributed by atoms with van der Waals surface area (Å²) in [5, 5.41) is 7.39. The minimum Gasteiger partial charge on any atom is -0.340 e. The summed E-state index contributed by atoms with van der Waals surface area (Å²) in [6, 6.07) is 21.1. The Balaban J connectivity index is 1.54. The minimum atomic E-state index is -0.148. The summed E-state index contributed by atoms with van der Waals surface area (Å²) in [7, 11) is 0. The van der Waals surface area contributed by atoms with Crippen molar-refractivity contribution in [2.24, 2.45) is 5.10 Å². The lowest BCUT2D eigenvalue weighted by molar-refractivity contribution is -0.121. The van der Waals surface area contributed by atoms with Crippen LogP contribution in [-0.2, 0) is 11.3 Å². The molecule has 4 rings (SSSR count). The van der Waals surface area contributed by atoms with Crippen LogP contribution >= 0.6 is 23.2 Å². The van der Waals surface area contributed by atoms with Gasteiger partial charge in [-0.25, -0.2) is 5.43 Å². The number of carbonyl (C=O) groups is 1.